The average Bonchev–Trinajstić information content (AvgIpc) is 2.76. The highest BCUT2D eigenvalue weighted by Gasteiger charge is 2.17. The van der Waals surface area contributed by atoms with Crippen LogP contribution in [0.25, 0.3) is 10.8 Å². The van der Waals surface area contributed by atoms with Gasteiger partial charge in [-0.15, -0.1) is 11.8 Å². The molecule has 31 heavy (non-hydrogen) atoms. The van der Waals surface area contributed by atoms with Gasteiger partial charge in [-0.3, -0.25) is 4.79 Å². The van der Waals surface area contributed by atoms with Crippen LogP contribution in [0.1, 0.15) is 13.8 Å². The van der Waals surface area contributed by atoms with Crippen LogP contribution < -0.4 is 14.8 Å². The monoisotopic (exact) mass is 458 g/mol. The van der Waals surface area contributed by atoms with Crippen molar-refractivity contribution in [1.82, 2.24) is 4.72 Å². The lowest BCUT2D eigenvalue weighted by molar-refractivity contribution is -0.118. The first-order valence-corrected chi connectivity index (χ1v) is 12.6. The number of thioether (sulfide) groups is 1. The molecule has 0 fully saturated rings. The summed E-state index contributed by atoms with van der Waals surface area (Å²) in [5.74, 6) is 0.334. The maximum atomic E-state index is 12.7. The lowest BCUT2D eigenvalue weighted by atomic mass is 10.1. The van der Waals surface area contributed by atoms with Gasteiger partial charge in [0.1, 0.15) is 12.4 Å². The molecule has 0 bridgehead atoms. The zero-order valence-electron chi connectivity index (χ0n) is 17.7. The van der Waals surface area contributed by atoms with Crippen molar-refractivity contribution in [3.05, 3.63) is 60.7 Å². The minimum Gasteiger partial charge on any atom is -0.492 e. The van der Waals surface area contributed by atoms with Crippen LogP contribution in [0.15, 0.2) is 70.5 Å². The normalized spacial score (nSPS) is 11.6. The molecule has 3 rings (SSSR count). The Bertz CT molecular complexity index is 1170. The molecule has 0 heterocycles. The van der Waals surface area contributed by atoms with E-state index in [0.29, 0.717) is 11.4 Å². The molecule has 8 heteroatoms. The van der Waals surface area contributed by atoms with Crippen molar-refractivity contribution >= 4 is 44.2 Å². The zero-order valence-corrected chi connectivity index (χ0v) is 19.3. The van der Waals surface area contributed by atoms with Gasteiger partial charge in [0.25, 0.3) is 0 Å². The van der Waals surface area contributed by atoms with Crippen LogP contribution in [-0.4, -0.2) is 33.7 Å². The lowest BCUT2D eigenvalue weighted by Crippen LogP contribution is -2.28. The second-order valence-electron chi connectivity index (χ2n) is 7.23. The standard InChI is InChI=1S/C23H26N2O4S2/c1-16(2)23(26)25-20-15-18(11-12-22(20)30-3)31(27,28)24-13-14-29-21-10-6-8-17-7-4-5-9-19(17)21/h4-12,15-16,24H,13-14H2,1-3H3,(H,25,26). The molecule has 164 valence electrons. The van der Waals surface area contributed by atoms with Crippen LogP contribution in [0.4, 0.5) is 5.69 Å². The zero-order chi connectivity index (χ0) is 22.4. The highest BCUT2D eigenvalue weighted by Crippen LogP contribution is 2.29. The summed E-state index contributed by atoms with van der Waals surface area (Å²) in [4.78, 5) is 13.0. The number of nitrogens with one attached hydrogen (secondary N) is 2. The number of sulfonamides is 1. The SMILES string of the molecule is CSc1ccc(S(=O)(=O)NCCOc2cccc3ccccc23)cc1NC(=O)C(C)C. The third-order valence-electron chi connectivity index (χ3n) is 4.66. The van der Waals surface area contributed by atoms with E-state index in [2.05, 4.69) is 10.0 Å². The van der Waals surface area contributed by atoms with E-state index in [1.165, 1.54) is 23.9 Å². The van der Waals surface area contributed by atoms with E-state index in [4.69, 9.17) is 4.74 Å². The van der Waals surface area contributed by atoms with Crippen molar-refractivity contribution in [2.45, 2.75) is 23.6 Å². The van der Waals surface area contributed by atoms with Crippen molar-refractivity contribution < 1.29 is 17.9 Å². The van der Waals surface area contributed by atoms with Gasteiger partial charge in [0.2, 0.25) is 15.9 Å². The van der Waals surface area contributed by atoms with Gasteiger partial charge >= 0.3 is 0 Å². The summed E-state index contributed by atoms with van der Waals surface area (Å²) in [6.45, 7) is 3.87. The van der Waals surface area contributed by atoms with Crippen molar-refractivity contribution in [3.63, 3.8) is 0 Å². The smallest absolute Gasteiger partial charge is 0.240 e. The van der Waals surface area contributed by atoms with Crippen LogP contribution in [0.3, 0.4) is 0 Å². The third-order valence-corrected chi connectivity index (χ3v) is 6.92. The Morgan fingerprint density at radius 2 is 1.81 bits per heavy atom. The predicted molar refractivity (Wildman–Crippen MR) is 126 cm³/mol. The Morgan fingerprint density at radius 3 is 2.55 bits per heavy atom. The number of rotatable bonds is 9. The average molecular weight is 459 g/mol. The van der Waals surface area contributed by atoms with Crippen molar-refractivity contribution in [2.24, 2.45) is 5.92 Å². The van der Waals surface area contributed by atoms with Gasteiger partial charge < -0.3 is 10.1 Å². The number of carbonyl (C=O) groups is 1. The number of benzene rings is 3. The summed E-state index contributed by atoms with van der Waals surface area (Å²) < 4.78 is 33.8. The molecule has 0 spiro atoms. The summed E-state index contributed by atoms with van der Waals surface area (Å²) in [6.07, 6.45) is 1.87. The largest absolute Gasteiger partial charge is 0.492 e. The molecule has 0 atom stereocenters. The maximum Gasteiger partial charge on any atom is 0.240 e. The molecule has 0 aliphatic heterocycles. The summed E-state index contributed by atoms with van der Waals surface area (Å²) in [5, 5.41) is 4.84. The van der Waals surface area contributed by atoms with Crippen molar-refractivity contribution in [2.75, 3.05) is 24.7 Å². The molecule has 0 aromatic heterocycles. The predicted octanol–water partition coefficient (Wildman–Crippen LogP) is 4.51. The maximum absolute atomic E-state index is 12.7. The Labute approximate surface area is 187 Å². The number of carbonyl (C=O) groups excluding carboxylic acids is 1. The van der Waals surface area contributed by atoms with Gasteiger partial charge in [0.05, 0.1) is 10.6 Å². The first kappa shape index (κ1) is 23.1. The van der Waals surface area contributed by atoms with Crippen LogP contribution in [0.2, 0.25) is 0 Å². The Morgan fingerprint density at radius 1 is 1.06 bits per heavy atom. The summed E-state index contributed by atoms with van der Waals surface area (Å²) in [5.41, 5.74) is 0.487. The van der Waals surface area contributed by atoms with Crippen molar-refractivity contribution in [1.29, 1.82) is 0 Å². The molecular formula is C23H26N2O4S2. The molecule has 0 radical (unpaired) electrons. The van der Waals surface area contributed by atoms with E-state index in [-0.39, 0.29) is 29.9 Å². The topological polar surface area (TPSA) is 84.5 Å². The van der Waals surface area contributed by atoms with E-state index in [0.717, 1.165) is 15.7 Å². The molecule has 0 saturated carbocycles. The van der Waals surface area contributed by atoms with Gasteiger partial charge in [-0.25, -0.2) is 13.1 Å². The number of anilines is 1. The lowest BCUT2D eigenvalue weighted by Gasteiger charge is -2.14. The van der Waals surface area contributed by atoms with Crippen LogP contribution in [0, 0.1) is 5.92 Å². The number of hydrogen-bond donors (Lipinski definition) is 2. The molecule has 2 N–H and O–H groups in total. The van der Waals surface area contributed by atoms with Gasteiger partial charge in [0.15, 0.2) is 0 Å². The minimum absolute atomic E-state index is 0.0921. The van der Waals surface area contributed by atoms with E-state index >= 15 is 0 Å². The quantitative estimate of drug-likeness (QED) is 0.364. The highest BCUT2D eigenvalue weighted by molar-refractivity contribution is 7.98. The number of ether oxygens (including phenoxy) is 1. The fourth-order valence-corrected chi connectivity index (χ4v) is 4.54. The van der Waals surface area contributed by atoms with E-state index in [1.54, 1.807) is 19.9 Å². The van der Waals surface area contributed by atoms with Crippen LogP contribution >= 0.6 is 11.8 Å². The first-order chi connectivity index (χ1) is 14.8. The second-order valence-corrected chi connectivity index (χ2v) is 9.84. The summed E-state index contributed by atoms with van der Waals surface area (Å²) >= 11 is 1.44. The fourth-order valence-electron chi connectivity index (χ4n) is 2.97. The molecule has 6 nitrogen and oxygen atoms in total. The molecule has 0 unspecified atom stereocenters. The van der Waals surface area contributed by atoms with Gasteiger partial charge in [-0.2, -0.15) is 0 Å². The van der Waals surface area contributed by atoms with Crippen LogP contribution in [0.5, 0.6) is 5.75 Å². The molecule has 3 aromatic carbocycles. The van der Waals surface area contributed by atoms with Gasteiger partial charge in [0, 0.05) is 22.7 Å². The molecule has 0 aliphatic carbocycles. The molecule has 1 amide bonds. The minimum atomic E-state index is -3.75. The van der Waals surface area contributed by atoms with Crippen LogP contribution in [-0.2, 0) is 14.8 Å². The third kappa shape index (κ3) is 5.78. The number of hydrogen-bond acceptors (Lipinski definition) is 5. The molecule has 0 saturated heterocycles. The Kier molecular flexibility index (Phi) is 7.59. The fraction of sp³-hybridized carbons (Fsp3) is 0.261. The Balaban J connectivity index is 1.67. The summed E-state index contributed by atoms with van der Waals surface area (Å²) in [6, 6.07) is 18.3. The van der Waals surface area contributed by atoms with E-state index < -0.39 is 10.0 Å². The summed E-state index contributed by atoms with van der Waals surface area (Å²) in [7, 11) is -3.75. The van der Waals surface area contributed by atoms with E-state index in [1.807, 2.05) is 48.7 Å². The molecular weight excluding hydrogens is 432 g/mol. The number of fused-ring (bicyclic) bond motifs is 1. The van der Waals surface area contributed by atoms with Gasteiger partial charge in [-0.1, -0.05) is 50.2 Å². The first-order valence-electron chi connectivity index (χ1n) is 9.91. The Hall–Kier alpha value is -2.55. The van der Waals surface area contributed by atoms with Gasteiger partial charge in [-0.05, 0) is 35.9 Å². The molecule has 3 aromatic rings. The van der Waals surface area contributed by atoms with E-state index in [9.17, 15) is 13.2 Å². The molecule has 0 aliphatic rings. The second kappa shape index (κ2) is 10.2. The van der Waals surface area contributed by atoms with Crippen molar-refractivity contribution in [3.8, 4) is 5.75 Å². The highest BCUT2D eigenvalue weighted by atomic mass is 32.2. The number of amides is 1.